The van der Waals surface area contributed by atoms with Gasteiger partial charge in [-0.15, -0.1) is 0 Å². The molecule has 1 saturated heterocycles. The van der Waals surface area contributed by atoms with Crippen LogP contribution in [0.15, 0.2) is 4.52 Å². The van der Waals surface area contributed by atoms with E-state index in [1.165, 1.54) is 6.92 Å². The molecule has 6 nitrogen and oxygen atoms in total. The summed E-state index contributed by atoms with van der Waals surface area (Å²) >= 11 is 0. The number of piperidine rings is 1. The number of carbonyl (C=O) groups is 2. The Kier molecular flexibility index (Phi) is 5.19. The number of aryl methyl sites for hydroxylation is 2. The summed E-state index contributed by atoms with van der Waals surface area (Å²) in [7, 11) is 0. The van der Waals surface area contributed by atoms with Crippen LogP contribution in [-0.2, 0) is 16.0 Å². The third-order valence-corrected chi connectivity index (χ3v) is 4.20. The van der Waals surface area contributed by atoms with Crippen molar-refractivity contribution in [2.24, 2.45) is 0 Å². The number of nitrogens with zero attached hydrogens (tertiary/aromatic N) is 2. The number of halogens is 3. The normalized spacial score (nSPS) is 21.7. The molecule has 0 bridgehead atoms. The van der Waals surface area contributed by atoms with Crippen molar-refractivity contribution < 1.29 is 27.3 Å². The second-order valence-electron chi connectivity index (χ2n) is 6.06. The van der Waals surface area contributed by atoms with Crippen molar-refractivity contribution in [1.82, 2.24) is 15.4 Å². The maximum atomic E-state index is 13.3. The van der Waals surface area contributed by atoms with Gasteiger partial charge in [-0.3, -0.25) is 9.59 Å². The minimum absolute atomic E-state index is 0.161. The molecule has 0 unspecified atom stereocenters. The Hall–Kier alpha value is -2.06. The molecule has 1 fully saturated rings. The van der Waals surface area contributed by atoms with E-state index in [0.717, 1.165) is 4.90 Å². The fraction of sp³-hybridized carbons (Fsp3) is 0.667. The summed E-state index contributed by atoms with van der Waals surface area (Å²) in [5.74, 6) is -0.565. The van der Waals surface area contributed by atoms with Crippen molar-refractivity contribution in [3.8, 4) is 0 Å². The van der Waals surface area contributed by atoms with Gasteiger partial charge in [0.05, 0.1) is 12.1 Å². The van der Waals surface area contributed by atoms with Crippen molar-refractivity contribution >= 4 is 11.8 Å². The summed E-state index contributed by atoms with van der Waals surface area (Å²) < 4.78 is 44.8. The van der Waals surface area contributed by atoms with Crippen molar-refractivity contribution in [2.75, 3.05) is 6.54 Å². The van der Waals surface area contributed by atoms with Crippen LogP contribution < -0.4 is 5.32 Å². The lowest BCUT2D eigenvalue weighted by Gasteiger charge is -2.40. The van der Waals surface area contributed by atoms with Gasteiger partial charge in [-0.05, 0) is 26.7 Å². The zero-order valence-corrected chi connectivity index (χ0v) is 13.7. The van der Waals surface area contributed by atoms with Crippen molar-refractivity contribution in [1.29, 1.82) is 0 Å². The molecule has 0 radical (unpaired) electrons. The second kappa shape index (κ2) is 6.82. The molecule has 1 aromatic rings. The smallest absolute Gasteiger partial charge is 0.361 e. The average molecular weight is 347 g/mol. The molecule has 134 valence electrons. The summed E-state index contributed by atoms with van der Waals surface area (Å²) in [6.07, 6.45) is -4.77. The standard InChI is InChI=1S/C15H20F3N3O3/c1-8-12(9(2)24-20-8)6-14(23)21-7-11(19-10(3)22)4-5-13(21)15(16,17)18/h11,13H,4-7H2,1-3H3,(H,19,22)/t11-,13+/m0/s1. The molecule has 0 aromatic carbocycles. The molecular formula is C15H20F3N3O3. The lowest BCUT2D eigenvalue weighted by atomic mass is 9.96. The highest BCUT2D eigenvalue weighted by molar-refractivity contribution is 5.80. The van der Waals surface area contributed by atoms with Gasteiger partial charge in [0.1, 0.15) is 11.8 Å². The summed E-state index contributed by atoms with van der Waals surface area (Å²) in [6.45, 7) is 4.38. The van der Waals surface area contributed by atoms with Gasteiger partial charge >= 0.3 is 6.18 Å². The number of nitrogens with one attached hydrogen (secondary N) is 1. The molecule has 2 heterocycles. The Morgan fingerprint density at radius 2 is 2.00 bits per heavy atom. The van der Waals surface area contributed by atoms with Crippen LogP contribution in [-0.4, -0.2) is 46.7 Å². The van der Waals surface area contributed by atoms with Gasteiger partial charge in [0, 0.05) is 25.1 Å². The fourth-order valence-electron chi connectivity index (χ4n) is 3.00. The van der Waals surface area contributed by atoms with Crippen molar-refractivity contribution in [2.45, 2.75) is 58.3 Å². The maximum Gasteiger partial charge on any atom is 0.408 e. The predicted molar refractivity (Wildman–Crippen MR) is 78.1 cm³/mol. The lowest BCUT2D eigenvalue weighted by molar-refractivity contribution is -0.197. The largest absolute Gasteiger partial charge is 0.408 e. The first-order valence-corrected chi connectivity index (χ1v) is 7.64. The highest BCUT2D eigenvalue weighted by atomic mass is 19.4. The SMILES string of the molecule is CC(=O)N[C@H]1CC[C@H](C(F)(F)F)N(C(=O)Cc2c(C)noc2C)C1. The molecule has 9 heteroatoms. The molecule has 2 rings (SSSR count). The Bertz CT molecular complexity index is 608. The fourth-order valence-corrected chi connectivity index (χ4v) is 3.00. The first kappa shape index (κ1) is 18.3. The minimum atomic E-state index is -4.50. The van der Waals surface area contributed by atoms with Crippen LogP contribution in [0, 0.1) is 13.8 Å². The maximum absolute atomic E-state index is 13.3. The van der Waals surface area contributed by atoms with Crippen molar-refractivity contribution in [3.63, 3.8) is 0 Å². The first-order valence-electron chi connectivity index (χ1n) is 7.64. The van der Waals surface area contributed by atoms with Gasteiger partial charge < -0.3 is 14.7 Å². The van der Waals surface area contributed by atoms with E-state index in [4.69, 9.17) is 4.52 Å². The number of amides is 2. The molecule has 1 aliphatic heterocycles. The Morgan fingerprint density at radius 3 is 2.50 bits per heavy atom. The average Bonchev–Trinajstić information content (AvgIpc) is 2.77. The molecule has 1 aromatic heterocycles. The van der Waals surface area contributed by atoms with E-state index in [2.05, 4.69) is 10.5 Å². The highest BCUT2D eigenvalue weighted by Crippen LogP contribution is 2.32. The topological polar surface area (TPSA) is 75.4 Å². The van der Waals surface area contributed by atoms with E-state index in [-0.39, 0.29) is 31.7 Å². The number of likely N-dealkylation sites (tertiary alicyclic amines) is 1. The molecule has 2 amide bonds. The summed E-state index contributed by atoms with van der Waals surface area (Å²) in [4.78, 5) is 24.5. The zero-order valence-electron chi connectivity index (χ0n) is 13.7. The summed E-state index contributed by atoms with van der Waals surface area (Å²) in [6, 6.07) is -2.31. The van der Waals surface area contributed by atoms with Gasteiger partial charge in [0.15, 0.2) is 0 Å². The number of aromatic nitrogens is 1. The van der Waals surface area contributed by atoms with E-state index < -0.39 is 24.2 Å². The highest BCUT2D eigenvalue weighted by Gasteiger charge is 2.48. The zero-order chi connectivity index (χ0) is 18.1. The van der Waals surface area contributed by atoms with E-state index in [0.29, 0.717) is 17.0 Å². The Morgan fingerprint density at radius 1 is 1.33 bits per heavy atom. The lowest BCUT2D eigenvalue weighted by Crippen LogP contribution is -2.58. The molecule has 2 atom stereocenters. The number of hydrogen-bond donors (Lipinski definition) is 1. The van der Waals surface area contributed by atoms with Crippen LogP contribution in [0.2, 0.25) is 0 Å². The molecular weight excluding hydrogens is 327 g/mol. The quantitative estimate of drug-likeness (QED) is 0.906. The van der Waals surface area contributed by atoms with Gasteiger partial charge in [0.2, 0.25) is 11.8 Å². The second-order valence-corrected chi connectivity index (χ2v) is 6.06. The van der Waals surface area contributed by atoms with Gasteiger partial charge in [-0.25, -0.2) is 0 Å². The Labute approximate surface area is 137 Å². The molecule has 0 aliphatic carbocycles. The van der Waals surface area contributed by atoms with Gasteiger partial charge in [-0.1, -0.05) is 5.16 Å². The number of carbonyl (C=O) groups excluding carboxylic acids is 2. The monoisotopic (exact) mass is 347 g/mol. The van der Waals surface area contributed by atoms with E-state index in [9.17, 15) is 22.8 Å². The molecule has 24 heavy (non-hydrogen) atoms. The number of rotatable bonds is 3. The summed E-state index contributed by atoms with van der Waals surface area (Å²) in [5, 5.41) is 6.30. The molecule has 1 aliphatic rings. The van der Waals surface area contributed by atoms with Crippen LogP contribution in [0.4, 0.5) is 13.2 Å². The summed E-state index contributed by atoms with van der Waals surface area (Å²) in [5.41, 5.74) is 0.988. The van der Waals surface area contributed by atoms with E-state index >= 15 is 0 Å². The molecule has 0 spiro atoms. The third-order valence-electron chi connectivity index (χ3n) is 4.20. The minimum Gasteiger partial charge on any atom is -0.361 e. The van der Waals surface area contributed by atoms with Gasteiger partial charge in [-0.2, -0.15) is 13.2 Å². The molecule has 0 saturated carbocycles. The van der Waals surface area contributed by atoms with Crippen LogP contribution in [0.25, 0.3) is 0 Å². The van der Waals surface area contributed by atoms with Crippen LogP contribution >= 0.6 is 0 Å². The van der Waals surface area contributed by atoms with Crippen LogP contribution in [0.1, 0.15) is 36.8 Å². The number of hydrogen-bond acceptors (Lipinski definition) is 4. The van der Waals surface area contributed by atoms with Crippen LogP contribution in [0.5, 0.6) is 0 Å². The first-order chi connectivity index (χ1) is 11.1. The predicted octanol–water partition coefficient (Wildman–Crippen LogP) is 1.89. The van der Waals surface area contributed by atoms with E-state index in [1.807, 2.05) is 0 Å². The molecule has 1 N–H and O–H groups in total. The van der Waals surface area contributed by atoms with E-state index in [1.54, 1.807) is 13.8 Å². The van der Waals surface area contributed by atoms with Crippen molar-refractivity contribution in [3.05, 3.63) is 17.0 Å². The van der Waals surface area contributed by atoms with Crippen LogP contribution in [0.3, 0.4) is 0 Å². The van der Waals surface area contributed by atoms with Gasteiger partial charge in [0.25, 0.3) is 0 Å². The Balaban J connectivity index is 2.19. The third kappa shape index (κ3) is 4.07. The number of alkyl halides is 3.